The summed E-state index contributed by atoms with van der Waals surface area (Å²) in [5.74, 6) is 1.06. The highest BCUT2D eigenvalue weighted by Crippen LogP contribution is 2.26. The number of ether oxygens (including phenoxy) is 3. The lowest BCUT2D eigenvalue weighted by Crippen LogP contribution is -2.16. The van der Waals surface area contributed by atoms with Gasteiger partial charge in [-0.2, -0.15) is 0 Å². The number of nitrogens with one attached hydrogen (secondary N) is 1. The maximum atomic E-state index is 12.8. The predicted molar refractivity (Wildman–Crippen MR) is 109 cm³/mol. The van der Waals surface area contributed by atoms with Crippen LogP contribution < -0.4 is 14.8 Å². The summed E-state index contributed by atoms with van der Waals surface area (Å²) in [5, 5.41) is 2.92. The van der Waals surface area contributed by atoms with E-state index in [4.69, 9.17) is 14.2 Å². The van der Waals surface area contributed by atoms with Crippen LogP contribution in [-0.2, 0) is 4.74 Å². The van der Waals surface area contributed by atoms with Gasteiger partial charge in [0.15, 0.2) is 0 Å². The highest BCUT2D eigenvalue weighted by Gasteiger charge is 2.17. The van der Waals surface area contributed by atoms with Gasteiger partial charge in [0.05, 0.1) is 18.3 Å². The largest absolute Gasteiger partial charge is 0.493 e. The minimum atomic E-state index is -0.223. The van der Waals surface area contributed by atoms with Gasteiger partial charge in [0.2, 0.25) is 0 Å². The van der Waals surface area contributed by atoms with Gasteiger partial charge < -0.3 is 19.5 Å². The summed E-state index contributed by atoms with van der Waals surface area (Å²) >= 11 is 3.42. The average Bonchev–Trinajstić information content (AvgIpc) is 3.19. The van der Waals surface area contributed by atoms with E-state index >= 15 is 0 Å². The van der Waals surface area contributed by atoms with Gasteiger partial charge in [-0.25, -0.2) is 0 Å². The molecule has 1 N–H and O–H groups in total. The Morgan fingerprint density at radius 3 is 2.93 bits per heavy atom. The third-order valence-corrected chi connectivity index (χ3v) is 4.69. The number of halogens is 1. The van der Waals surface area contributed by atoms with Gasteiger partial charge in [-0.3, -0.25) is 4.79 Å². The van der Waals surface area contributed by atoms with Crippen molar-refractivity contribution in [3.63, 3.8) is 0 Å². The Bertz CT molecular complexity index is 775. The molecule has 1 atom stereocenters. The SMILES string of the molecule is CCCOc1ccc(Br)cc1C(=O)Nc1cccc(OCC2CCCO2)c1. The van der Waals surface area contributed by atoms with Crippen molar-refractivity contribution < 1.29 is 19.0 Å². The Balaban J connectivity index is 1.66. The number of hydrogen-bond donors (Lipinski definition) is 1. The molecule has 2 aromatic rings. The minimum Gasteiger partial charge on any atom is -0.493 e. The molecular weight excluding hydrogens is 410 g/mol. The van der Waals surface area contributed by atoms with Crippen LogP contribution in [0.25, 0.3) is 0 Å². The second-order valence-corrected chi connectivity index (χ2v) is 7.33. The lowest BCUT2D eigenvalue weighted by atomic mass is 10.1. The first kappa shape index (κ1) is 19.7. The van der Waals surface area contributed by atoms with E-state index in [0.717, 1.165) is 30.3 Å². The molecule has 0 aliphatic carbocycles. The molecule has 1 fully saturated rings. The Hall–Kier alpha value is -2.05. The first-order valence-corrected chi connectivity index (χ1v) is 10.0. The second kappa shape index (κ2) is 9.76. The first-order valence-electron chi connectivity index (χ1n) is 9.24. The monoisotopic (exact) mass is 433 g/mol. The maximum Gasteiger partial charge on any atom is 0.259 e. The Morgan fingerprint density at radius 2 is 2.15 bits per heavy atom. The van der Waals surface area contributed by atoms with Crippen LogP contribution >= 0.6 is 15.9 Å². The van der Waals surface area contributed by atoms with E-state index < -0.39 is 0 Å². The molecule has 5 nitrogen and oxygen atoms in total. The molecule has 2 aromatic carbocycles. The number of rotatable bonds is 8. The van der Waals surface area contributed by atoms with E-state index in [0.29, 0.717) is 36.0 Å². The fraction of sp³-hybridized carbons (Fsp3) is 0.381. The van der Waals surface area contributed by atoms with Crippen molar-refractivity contribution >= 4 is 27.5 Å². The molecule has 0 spiro atoms. The van der Waals surface area contributed by atoms with Crippen molar-refractivity contribution in [3.8, 4) is 11.5 Å². The van der Waals surface area contributed by atoms with E-state index in [9.17, 15) is 4.79 Å². The fourth-order valence-corrected chi connectivity index (χ4v) is 3.21. The molecule has 1 unspecified atom stereocenters. The molecule has 3 rings (SSSR count). The molecule has 1 aliphatic heterocycles. The highest BCUT2D eigenvalue weighted by atomic mass is 79.9. The lowest BCUT2D eigenvalue weighted by molar-refractivity contribution is 0.0680. The molecule has 144 valence electrons. The standard InChI is InChI=1S/C21H24BrNO4/c1-2-10-26-20-9-8-15(22)12-19(20)21(24)23-16-5-3-6-17(13-16)27-14-18-7-4-11-25-18/h3,5-6,8-9,12-13,18H,2,4,7,10-11,14H2,1H3,(H,23,24). The van der Waals surface area contributed by atoms with Crippen molar-refractivity contribution in [3.05, 3.63) is 52.5 Å². The van der Waals surface area contributed by atoms with Crippen molar-refractivity contribution in [2.45, 2.75) is 32.3 Å². The van der Waals surface area contributed by atoms with Crippen LogP contribution in [0.5, 0.6) is 11.5 Å². The van der Waals surface area contributed by atoms with Gasteiger partial charge in [-0.1, -0.05) is 28.9 Å². The van der Waals surface area contributed by atoms with E-state index in [-0.39, 0.29) is 12.0 Å². The smallest absolute Gasteiger partial charge is 0.259 e. The summed E-state index contributed by atoms with van der Waals surface area (Å²) in [6, 6.07) is 12.8. The number of carbonyl (C=O) groups is 1. The Labute approximate surface area is 168 Å². The van der Waals surface area contributed by atoms with Crippen molar-refractivity contribution in [2.24, 2.45) is 0 Å². The van der Waals surface area contributed by atoms with E-state index in [1.807, 2.05) is 37.3 Å². The first-order chi connectivity index (χ1) is 13.2. The summed E-state index contributed by atoms with van der Waals surface area (Å²) in [7, 11) is 0. The summed E-state index contributed by atoms with van der Waals surface area (Å²) < 4.78 is 17.9. The minimum absolute atomic E-state index is 0.156. The van der Waals surface area contributed by atoms with Gasteiger partial charge in [-0.05, 0) is 49.6 Å². The van der Waals surface area contributed by atoms with Gasteiger partial charge in [-0.15, -0.1) is 0 Å². The molecule has 0 aromatic heterocycles. The number of carbonyl (C=O) groups excluding carboxylic acids is 1. The molecular formula is C21H24BrNO4. The topological polar surface area (TPSA) is 56.8 Å². The fourth-order valence-electron chi connectivity index (χ4n) is 2.84. The van der Waals surface area contributed by atoms with E-state index in [2.05, 4.69) is 21.2 Å². The van der Waals surface area contributed by atoms with Crippen molar-refractivity contribution in [1.29, 1.82) is 0 Å². The zero-order valence-corrected chi connectivity index (χ0v) is 17.0. The molecule has 0 radical (unpaired) electrons. The summed E-state index contributed by atoms with van der Waals surface area (Å²) in [6.45, 7) is 3.92. The van der Waals surface area contributed by atoms with Crippen LogP contribution in [0, 0.1) is 0 Å². The molecule has 1 amide bonds. The van der Waals surface area contributed by atoms with Crippen LogP contribution in [0.3, 0.4) is 0 Å². The van der Waals surface area contributed by atoms with Gasteiger partial charge in [0.25, 0.3) is 5.91 Å². The van der Waals surface area contributed by atoms with E-state index in [1.165, 1.54) is 0 Å². The summed E-state index contributed by atoms with van der Waals surface area (Å²) in [5.41, 5.74) is 1.16. The van der Waals surface area contributed by atoms with Crippen molar-refractivity contribution in [1.82, 2.24) is 0 Å². The third kappa shape index (κ3) is 5.71. The molecule has 27 heavy (non-hydrogen) atoms. The van der Waals surface area contributed by atoms with Crippen LogP contribution in [0.15, 0.2) is 46.9 Å². The van der Waals surface area contributed by atoms with Crippen LogP contribution in [0.4, 0.5) is 5.69 Å². The van der Waals surface area contributed by atoms with E-state index in [1.54, 1.807) is 12.1 Å². The van der Waals surface area contributed by atoms with Gasteiger partial charge in [0.1, 0.15) is 18.1 Å². The lowest BCUT2D eigenvalue weighted by Gasteiger charge is -2.14. The Morgan fingerprint density at radius 1 is 1.26 bits per heavy atom. The number of amides is 1. The van der Waals surface area contributed by atoms with Gasteiger partial charge >= 0.3 is 0 Å². The molecule has 6 heteroatoms. The molecule has 0 saturated carbocycles. The maximum absolute atomic E-state index is 12.8. The molecule has 0 bridgehead atoms. The quantitative estimate of drug-likeness (QED) is 0.632. The van der Waals surface area contributed by atoms with Crippen molar-refractivity contribution in [2.75, 3.05) is 25.1 Å². The summed E-state index contributed by atoms with van der Waals surface area (Å²) in [6.07, 6.45) is 3.14. The predicted octanol–water partition coefficient (Wildman–Crippen LogP) is 5.05. The zero-order chi connectivity index (χ0) is 19.1. The molecule has 1 saturated heterocycles. The average molecular weight is 434 g/mol. The van der Waals surface area contributed by atoms with Crippen LogP contribution in [-0.4, -0.2) is 31.8 Å². The Kier molecular flexibility index (Phi) is 7.12. The normalized spacial score (nSPS) is 16.1. The number of benzene rings is 2. The second-order valence-electron chi connectivity index (χ2n) is 6.42. The van der Waals surface area contributed by atoms with Crippen LogP contribution in [0.2, 0.25) is 0 Å². The third-order valence-electron chi connectivity index (χ3n) is 4.20. The van der Waals surface area contributed by atoms with Crippen LogP contribution in [0.1, 0.15) is 36.5 Å². The highest BCUT2D eigenvalue weighted by molar-refractivity contribution is 9.10. The molecule has 1 aliphatic rings. The zero-order valence-electron chi connectivity index (χ0n) is 15.4. The summed E-state index contributed by atoms with van der Waals surface area (Å²) in [4.78, 5) is 12.8. The van der Waals surface area contributed by atoms with Gasteiger partial charge in [0, 0.05) is 22.8 Å². The molecule has 1 heterocycles. The number of hydrogen-bond acceptors (Lipinski definition) is 4. The number of anilines is 1.